The Balaban J connectivity index is 1.51. The van der Waals surface area contributed by atoms with Crippen LogP contribution in [0.2, 0.25) is 0 Å². The first kappa shape index (κ1) is 19.3. The normalized spacial score (nSPS) is 13.3. The molecule has 156 valence electrons. The summed E-state index contributed by atoms with van der Waals surface area (Å²) in [6, 6.07) is 16.3. The summed E-state index contributed by atoms with van der Waals surface area (Å²) in [4.78, 5) is 20.1. The van der Waals surface area contributed by atoms with Crippen molar-refractivity contribution in [1.29, 1.82) is 0 Å². The maximum absolute atomic E-state index is 13.5. The minimum atomic E-state index is -0.0554. The van der Waals surface area contributed by atoms with E-state index in [9.17, 15) is 4.79 Å². The van der Waals surface area contributed by atoms with Crippen molar-refractivity contribution in [3.8, 4) is 16.9 Å². The van der Waals surface area contributed by atoms with E-state index in [1.54, 1.807) is 11.1 Å². The Labute approximate surface area is 181 Å². The lowest BCUT2D eigenvalue weighted by Crippen LogP contribution is -2.38. The Morgan fingerprint density at radius 3 is 2.61 bits per heavy atom. The van der Waals surface area contributed by atoms with Gasteiger partial charge in [0.2, 0.25) is 5.95 Å². The molecule has 0 bridgehead atoms. The van der Waals surface area contributed by atoms with Gasteiger partial charge in [-0.25, -0.2) is 9.67 Å². The average molecular weight is 412 g/mol. The van der Waals surface area contributed by atoms with Gasteiger partial charge in [-0.1, -0.05) is 42.5 Å². The summed E-state index contributed by atoms with van der Waals surface area (Å²) in [5.41, 5.74) is 6.67. The lowest BCUT2D eigenvalue weighted by Gasteiger charge is -2.27. The molecule has 0 N–H and O–H groups in total. The molecule has 2 aromatic carbocycles. The van der Waals surface area contributed by atoms with Crippen molar-refractivity contribution < 1.29 is 4.79 Å². The summed E-state index contributed by atoms with van der Waals surface area (Å²) < 4.78 is 3.94. The minimum absolute atomic E-state index is 0.0554. The highest BCUT2D eigenvalue weighted by Crippen LogP contribution is 2.28. The minimum Gasteiger partial charge on any atom is -0.316 e. The average Bonchev–Trinajstić information content (AvgIpc) is 3.39. The fraction of sp³-hybridized carbons (Fsp3) is 0.240. The van der Waals surface area contributed by atoms with Crippen LogP contribution in [0.4, 0.5) is 5.95 Å². The standard InChI is InChI=1S/C25H25N5O/c1-17-10-11-18(2)23(14-17)30-19(3)21(15-26-30)24(31)29-13-7-12-28-16-22(27-25(28)29)20-8-5-4-6-9-20/h4-6,8-11,14-16H,7,12-13H2,1-3H3. The number of aromatic nitrogens is 4. The molecule has 0 spiro atoms. The predicted octanol–water partition coefficient (Wildman–Crippen LogP) is 4.71. The fourth-order valence-electron chi connectivity index (χ4n) is 4.18. The maximum Gasteiger partial charge on any atom is 0.264 e. The van der Waals surface area contributed by atoms with Gasteiger partial charge in [0.05, 0.1) is 28.8 Å². The molecule has 0 unspecified atom stereocenters. The van der Waals surface area contributed by atoms with Gasteiger partial charge in [0, 0.05) is 24.8 Å². The predicted molar refractivity (Wildman–Crippen MR) is 122 cm³/mol. The first-order chi connectivity index (χ1) is 15.0. The Bertz CT molecular complexity index is 1270. The zero-order valence-corrected chi connectivity index (χ0v) is 18.0. The molecular formula is C25H25N5O. The number of hydrogen-bond donors (Lipinski definition) is 0. The molecule has 0 radical (unpaired) electrons. The molecule has 4 aromatic rings. The number of hydrogen-bond acceptors (Lipinski definition) is 3. The Hall–Kier alpha value is -3.67. The molecule has 0 aliphatic carbocycles. The molecule has 2 aromatic heterocycles. The number of carbonyl (C=O) groups is 1. The van der Waals surface area contributed by atoms with Gasteiger partial charge in [-0.2, -0.15) is 5.10 Å². The first-order valence-corrected chi connectivity index (χ1v) is 10.6. The molecule has 3 heterocycles. The molecule has 1 aliphatic rings. The third-order valence-corrected chi connectivity index (χ3v) is 5.93. The summed E-state index contributed by atoms with van der Waals surface area (Å²) >= 11 is 0. The zero-order valence-electron chi connectivity index (χ0n) is 18.0. The van der Waals surface area contributed by atoms with Crippen LogP contribution < -0.4 is 4.90 Å². The van der Waals surface area contributed by atoms with Gasteiger partial charge in [0.1, 0.15) is 0 Å². The van der Waals surface area contributed by atoms with E-state index in [0.717, 1.165) is 46.7 Å². The van der Waals surface area contributed by atoms with Crippen LogP contribution in [0.3, 0.4) is 0 Å². The number of anilines is 1. The van der Waals surface area contributed by atoms with E-state index in [-0.39, 0.29) is 5.91 Å². The van der Waals surface area contributed by atoms with Crippen molar-refractivity contribution in [3.63, 3.8) is 0 Å². The van der Waals surface area contributed by atoms with E-state index in [4.69, 9.17) is 4.98 Å². The van der Waals surface area contributed by atoms with E-state index in [1.165, 1.54) is 0 Å². The largest absolute Gasteiger partial charge is 0.316 e. The van der Waals surface area contributed by atoms with Gasteiger partial charge in [-0.15, -0.1) is 0 Å². The van der Waals surface area contributed by atoms with Crippen molar-refractivity contribution >= 4 is 11.9 Å². The van der Waals surface area contributed by atoms with Gasteiger partial charge >= 0.3 is 0 Å². The van der Waals surface area contributed by atoms with Crippen molar-refractivity contribution in [2.45, 2.75) is 33.7 Å². The van der Waals surface area contributed by atoms with E-state index in [0.29, 0.717) is 18.1 Å². The molecule has 1 aliphatic heterocycles. The molecule has 0 atom stereocenters. The van der Waals surface area contributed by atoms with Crippen LogP contribution in [0.5, 0.6) is 0 Å². The second-order valence-corrected chi connectivity index (χ2v) is 8.14. The zero-order chi connectivity index (χ0) is 21.5. The Kier molecular flexibility index (Phi) is 4.70. The van der Waals surface area contributed by atoms with Gasteiger partial charge in [0.25, 0.3) is 5.91 Å². The van der Waals surface area contributed by atoms with Crippen molar-refractivity contribution in [1.82, 2.24) is 19.3 Å². The molecule has 6 heteroatoms. The van der Waals surface area contributed by atoms with E-state index in [1.807, 2.05) is 48.1 Å². The molecule has 0 saturated carbocycles. The highest BCUT2D eigenvalue weighted by atomic mass is 16.2. The van der Waals surface area contributed by atoms with Crippen LogP contribution in [-0.4, -0.2) is 31.8 Å². The Morgan fingerprint density at radius 1 is 1.00 bits per heavy atom. The molecule has 0 fully saturated rings. The number of fused-ring (bicyclic) bond motifs is 1. The first-order valence-electron chi connectivity index (χ1n) is 10.6. The molecule has 6 nitrogen and oxygen atoms in total. The molecule has 1 amide bonds. The lowest BCUT2D eigenvalue weighted by molar-refractivity contribution is 0.0980. The lowest BCUT2D eigenvalue weighted by atomic mass is 10.1. The topological polar surface area (TPSA) is 56.0 Å². The van der Waals surface area contributed by atoms with Crippen molar-refractivity contribution in [2.24, 2.45) is 0 Å². The van der Waals surface area contributed by atoms with Gasteiger partial charge in [-0.3, -0.25) is 9.69 Å². The van der Waals surface area contributed by atoms with Crippen LogP contribution in [0.1, 0.15) is 33.6 Å². The number of nitrogens with zero attached hydrogens (tertiary/aromatic N) is 5. The number of imidazole rings is 1. The summed E-state index contributed by atoms with van der Waals surface area (Å²) in [6.07, 6.45) is 4.61. The summed E-state index contributed by atoms with van der Waals surface area (Å²) in [7, 11) is 0. The van der Waals surface area contributed by atoms with Crippen LogP contribution >= 0.6 is 0 Å². The summed E-state index contributed by atoms with van der Waals surface area (Å²) in [5, 5.41) is 4.55. The number of amides is 1. The smallest absolute Gasteiger partial charge is 0.264 e. The fourth-order valence-corrected chi connectivity index (χ4v) is 4.18. The third-order valence-electron chi connectivity index (χ3n) is 5.93. The number of benzene rings is 2. The number of carbonyl (C=O) groups excluding carboxylic acids is 1. The Morgan fingerprint density at radius 2 is 1.81 bits per heavy atom. The number of aryl methyl sites for hydroxylation is 3. The van der Waals surface area contributed by atoms with Crippen molar-refractivity contribution in [2.75, 3.05) is 11.4 Å². The molecule has 5 rings (SSSR count). The summed E-state index contributed by atoms with van der Waals surface area (Å²) in [5.74, 6) is 0.647. The van der Waals surface area contributed by atoms with E-state index >= 15 is 0 Å². The van der Waals surface area contributed by atoms with Crippen molar-refractivity contribution in [3.05, 3.63) is 83.3 Å². The molecule has 31 heavy (non-hydrogen) atoms. The quantitative estimate of drug-likeness (QED) is 0.491. The SMILES string of the molecule is Cc1ccc(C)c(-n2ncc(C(=O)N3CCCn4cc(-c5ccccc5)nc43)c2C)c1. The molecular weight excluding hydrogens is 386 g/mol. The van der Waals surface area contributed by atoms with E-state index in [2.05, 4.69) is 41.7 Å². The van der Waals surface area contributed by atoms with Crippen LogP contribution in [0, 0.1) is 20.8 Å². The van der Waals surface area contributed by atoms with E-state index < -0.39 is 0 Å². The van der Waals surface area contributed by atoms with Gasteiger partial charge < -0.3 is 4.57 Å². The monoisotopic (exact) mass is 411 g/mol. The second kappa shape index (κ2) is 7.54. The van der Waals surface area contributed by atoms with Crippen LogP contribution in [0.15, 0.2) is 60.9 Å². The second-order valence-electron chi connectivity index (χ2n) is 8.14. The highest BCUT2D eigenvalue weighted by molar-refractivity contribution is 6.06. The highest BCUT2D eigenvalue weighted by Gasteiger charge is 2.29. The van der Waals surface area contributed by atoms with Crippen LogP contribution in [-0.2, 0) is 6.54 Å². The summed E-state index contributed by atoms with van der Waals surface area (Å²) in [6.45, 7) is 7.58. The molecule has 0 saturated heterocycles. The maximum atomic E-state index is 13.5. The van der Waals surface area contributed by atoms with Crippen LogP contribution in [0.25, 0.3) is 16.9 Å². The van der Waals surface area contributed by atoms with Gasteiger partial charge in [-0.05, 0) is 44.4 Å². The van der Waals surface area contributed by atoms with Gasteiger partial charge in [0.15, 0.2) is 0 Å². The number of rotatable bonds is 3. The third kappa shape index (κ3) is 3.34.